The zero-order valence-electron chi connectivity index (χ0n) is 16.6. The van der Waals surface area contributed by atoms with Gasteiger partial charge in [-0.3, -0.25) is 9.98 Å². The summed E-state index contributed by atoms with van der Waals surface area (Å²) < 4.78 is 7.33. The maximum atomic E-state index is 11.5. The molecule has 0 radical (unpaired) electrons. The molecule has 1 aliphatic carbocycles. The predicted octanol–water partition coefficient (Wildman–Crippen LogP) is 1.29. The van der Waals surface area contributed by atoms with Crippen molar-refractivity contribution < 1.29 is 9.84 Å². The lowest BCUT2D eigenvalue weighted by Crippen LogP contribution is -2.19. The number of benzene rings is 1. The van der Waals surface area contributed by atoms with E-state index in [1.165, 1.54) is 0 Å². The molecule has 3 N–H and O–H groups in total. The van der Waals surface area contributed by atoms with Crippen LogP contribution < -0.4 is 21.1 Å². The van der Waals surface area contributed by atoms with Crippen LogP contribution in [0, 0.1) is 0 Å². The molecule has 3 aromatic heterocycles. The number of aromatic amines is 2. The summed E-state index contributed by atoms with van der Waals surface area (Å²) in [7, 11) is 0. The number of imidazole rings is 1. The quantitative estimate of drug-likeness (QED) is 0.409. The van der Waals surface area contributed by atoms with Crippen molar-refractivity contribution in [2.75, 3.05) is 6.61 Å². The molecular weight excluding hydrogens is 396 g/mol. The van der Waals surface area contributed by atoms with Crippen molar-refractivity contribution in [1.29, 1.82) is 0 Å². The van der Waals surface area contributed by atoms with E-state index in [0.717, 1.165) is 29.8 Å². The molecule has 0 bridgehead atoms. The Morgan fingerprint density at radius 2 is 2.19 bits per heavy atom. The predicted molar refractivity (Wildman–Crippen MR) is 115 cm³/mol. The van der Waals surface area contributed by atoms with Gasteiger partial charge in [0.2, 0.25) is 5.88 Å². The summed E-state index contributed by atoms with van der Waals surface area (Å²) in [5, 5.41) is 15.0. The fourth-order valence-corrected chi connectivity index (χ4v) is 3.24. The summed E-state index contributed by atoms with van der Waals surface area (Å²) in [6, 6.07) is 9.86. The molecule has 1 aliphatic rings. The highest BCUT2D eigenvalue weighted by molar-refractivity contribution is 5.64. The Hall–Kier alpha value is -4.14. The van der Waals surface area contributed by atoms with Gasteiger partial charge in [0.1, 0.15) is 18.1 Å². The van der Waals surface area contributed by atoms with E-state index in [1.807, 2.05) is 30.3 Å². The molecule has 1 aromatic carbocycles. The summed E-state index contributed by atoms with van der Waals surface area (Å²) >= 11 is 0. The second kappa shape index (κ2) is 7.60. The molecule has 0 spiro atoms. The first-order chi connectivity index (χ1) is 15.1. The number of nitrogens with one attached hydrogen (secondary N) is 2. The van der Waals surface area contributed by atoms with Crippen LogP contribution in [0.3, 0.4) is 0 Å². The fourth-order valence-electron chi connectivity index (χ4n) is 3.24. The normalized spacial score (nSPS) is 15.0. The summed E-state index contributed by atoms with van der Waals surface area (Å²) in [6.45, 7) is 4.09. The fraction of sp³-hybridized carbons (Fsp3) is 0.182. The van der Waals surface area contributed by atoms with Gasteiger partial charge >= 0.3 is 5.69 Å². The highest BCUT2D eigenvalue weighted by Crippen LogP contribution is 2.24. The van der Waals surface area contributed by atoms with Crippen molar-refractivity contribution in [3.05, 3.63) is 76.1 Å². The van der Waals surface area contributed by atoms with E-state index in [0.29, 0.717) is 29.0 Å². The molecule has 0 saturated heterocycles. The van der Waals surface area contributed by atoms with Crippen molar-refractivity contribution in [3.63, 3.8) is 0 Å². The molecular formula is C22H20N6O3. The third-order valence-corrected chi connectivity index (χ3v) is 4.87. The molecule has 31 heavy (non-hydrogen) atoms. The first-order valence-corrected chi connectivity index (χ1v) is 9.90. The number of H-pyrrole nitrogens is 2. The Balaban J connectivity index is 1.70. The van der Waals surface area contributed by atoms with Gasteiger partial charge in [-0.1, -0.05) is 24.8 Å². The van der Waals surface area contributed by atoms with Gasteiger partial charge < -0.3 is 14.8 Å². The first kappa shape index (κ1) is 18.9. The molecule has 0 amide bonds. The van der Waals surface area contributed by atoms with Gasteiger partial charge in [-0.25, -0.2) is 9.78 Å². The van der Waals surface area contributed by atoms with Crippen LogP contribution in [0.15, 0.2) is 59.0 Å². The van der Waals surface area contributed by atoms with Gasteiger partial charge in [-0.05, 0) is 31.1 Å². The molecule has 9 heteroatoms. The Bertz CT molecular complexity index is 1460. The van der Waals surface area contributed by atoms with Crippen molar-refractivity contribution in [2.24, 2.45) is 4.99 Å². The lowest BCUT2D eigenvalue weighted by Gasteiger charge is -2.07. The summed E-state index contributed by atoms with van der Waals surface area (Å²) in [5.41, 5.74) is 2.63. The number of nitrogens with zero attached hydrogens (tertiary/aromatic N) is 4. The van der Waals surface area contributed by atoms with Crippen molar-refractivity contribution in [2.45, 2.75) is 18.9 Å². The Labute approximate surface area is 176 Å². The number of aromatic nitrogens is 5. The lowest BCUT2D eigenvalue weighted by molar-refractivity contribution is 0.363. The monoisotopic (exact) mass is 416 g/mol. The molecule has 1 fully saturated rings. The van der Waals surface area contributed by atoms with Gasteiger partial charge in [0.15, 0.2) is 11.1 Å². The van der Waals surface area contributed by atoms with Crippen LogP contribution in [0.1, 0.15) is 18.5 Å². The molecule has 3 heterocycles. The minimum atomic E-state index is -0.491. The molecule has 0 aliphatic heterocycles. The van der Waals surface area contributed by atoms with E-state index >= 15 is 0 Å². The van der Waals surface area contributed by atoms with Crippen molar-refractivity contribution in [3.8, 4) is 22.9 Å². The van der Waals surface area contributed by atoms with E-state index in [-0.39, 0.29) is 11.6 Å². The zero-order valence-corrected chi connectivity index (χ0v) is 16.6. The standard InChI is InChI=1S/C22H20N6O3/c1-2-8-31-16-5-3-4-13(9-16)17-11-19(24-15-6-7-15)28-20(25-17)14(12-23-28)10-18-21(29)27-22(30)26-18/h2-5,9-12,15,29H,1,6-8H2,(H2,26,27,30)/b14-10+,24-19?. The van der Waals surface area contributed by atoms with Gasteiger partial charge in [0, 0.05) is 16.8 Å². The minimum absolute atomic E-state index is 0.240. The van der Waals surface area contributed by atoms with Crippen molar-refractivity contribution in [1.82, 2.24) is 24.6 Å². The minimum Gasteiger partial charge on any atom is -0.493 e. The third-order valence-electron chi connectivity index (χ3n) is 4.87. The van der Waals surface area contributed by atoms with Crippen LogP contribution in [0.5, 0.6) is 11.6 Å². The lowest BCUT2D eigenvalue weighted by atomic mass is 10.1. The van der Waals surface area contributed by atoms with Crippen LogP contribution in [0.4, 0.5) is 0 Å². The van der Waals surface area contributed by atoms with E-state index in [1.54, 1.807) is 22.9 Å². The third kappa shape index (κ3) is 3.85. The van der Waals surface area contributed by atoms with E-state index < -0.39 is 5.69 Å². The van der Waals surface area contributed by atoms with Crippen molar-refractivity contribution >= 4 is 11.7 Å². The number of aromatic hydroxyl groups is 1. The van der Waals surface area contributed by atoms with Crippen LogP contribution in [-0.2, 0) is 0 Å². The van der Waals surface area contributed by atoms with Gasteiger partial charge in [0.05, 0.1) is 17.9 Å². The first-order valence-electron chi connectivity index (χ1n) is 9.90. The molecule has 5 rings (SSSR count). The maximum absolute atomic E-state index is 11.5. The molecule has 0 atom stereocenters. The second-order valence-electron chi connectivity index (χ2n) is 7.31. The maximum Gasteiger partial charge on any atom is 0.326 e. The van der Waals surface area contributed by atoms with E-state index in [2.05, 4.69) is 21.6 Å². The number of ether oxygens (including phenoxy) is 1. The topological polar surface area (TPSA) is 121 Å². The van der Waals surface area contributed by atoms with Gasteiger partial charge in [-0.2, -0.15) is 9.61 Å². The van der Waals surface area contributed by atoms with E-state index in [9.17, 15) is 9.90 Å². The summed E-state index contributed by atoms with van der Waals surface area (Å²) in [4.78, 5) is 25.9. The van der Waals surface area contributed by atoms with Crippen LogP contribution >= 0.6 is 0 Å². The van der Waals surface area contributed by atoms with Crippen LogP contribution in [0.2, 0.25) is 0 Å². The highest BCUT2D eigenvalue weighted by atomic mass is 16.5. The molecule has 0 unspecified atom stereocenters. The number of hydrogen-bond donors (Lipinski definition) is 3. The Kier molecular flexibility index (Phi) is 4.62. The SMILES string of the molecule is C=CCOc1cccc(-c2cc(=NC3CC3)n3nc/c(=C\c4[nH]c(=O)[nH]c4O)c3n2)c1. The largest absolute Gasteiger partial charge is 0.493 e. The average Bonchev–Trinajstić information content (AvgIpc) is 3.40. The van der Waals surface area contributed by atoms with Crippen LogP contribution in [-0.4, -0.2) is 42.3 Å². The second-order valence-corrected chi connectivity index (χ2v) is 7.31. The molecule has 1 saturated carbocycles. The van der Waals surface area contributed by atoms with Crippen LogP contribution in [0.25, 0.3) is 23.0 Å². The summed E-state index contributed by atoms with van der Waals surface area (Å²) in [5.74, 6) is 0.477. The molecule has 4 aromatic rings. The van der Waals surface area contributed by atoms with Gasteiger partial charge in [-0.15, -0.1) is 0 Å². The number of hydrogen-bond acceptors (Lipinski definition) is 6. The number of rotatable bonds is 6. The smallest absolute Gasteiger partial charge is 0.326 e. The van der Waals surface area contributed by atoms with Gasteiger partial charge in [0.25, 0.3) is 0 Å². The summed E-state index contributed by atoms with van der Waals surface area (Å²) in [6.07, 6.45) is 7.06. The Morgan fingerprint density at radius 3 is 2.94 bits per heavy atom. The zero-order chi connectivity index (χ0) is 21.4. The molecule has 156 valence electrons. The molecule has 9 nitrogen and oxygen atoms in total. The number of fused-ring (bicyclic) bond motifs is 1. The average molecular weight is 416 g/mol. The highest BCUT2D eigenvalue weighted by Gasteiger charge is 2.20. The van der Waals surface area contributed by atoms with E-state index in [4.69, 9.17) is 14.7 Å². The Morgan fingerprint density at radius 1 is 1.32 bits per heavy atom.